The predicted molar refractivity (Wildman–Crippen MR) is 51.4 cm³/mol. The summed E-state index contributed by atoms with van der Waals surface area (Å²) in [6.07, 6.45) is 9.50. The van der Waals surface area contributed by atoms with E-state index in [1.165, 1.54) is 45.1 Å². The zero-order valence-corrected chi connectivity index (χ0v) is 8.08. The fourth-order valence-corrected chi connectivity index (χ4v) is 1.67. The van der Waals surface area contributed by atoms with Gasteiger partial charge in [0.15, 0.2) is 5.78 Å². The molecule has 0 N–H and O–H groups in total. The molecule has 0 bridgehead atoms. The molecule has 0 spiro atoms. The number of ketones is 2. The average Bonchev–Trinajstić information content (AvgIpc) is 2.15. The predicted octanol–water partition coefficient (Wildman–Crippen LogP) is 2.28. The van der Waals surface area contributed by atoms with Crippen molar-refractivity contribution >= 4 is 11.6 Å². The smallest absolute Gasteiger partial charge is 0.220 e. The molecule has 0 saturated heterocycles. The lowest BCUT2D eigenvalue weighted by molar-refractivity contribution is -0.132. The maximum absolute atomic E-state index is 10.9. The fraction of sp³-hybridized carbons (Fsp3) is 0.636. The van der Waals surface area contributed by atoms with Crippen LogP contribution in [0.4, 0.5) is 0 Å². The van der Waals surface area contributed by atoms with Gasteiger partial charge in [-0.05, 0) is 24.8 Å². The van der Waals surface area contributed by atoms with Gasteiger partial charge in [-0.25, -0.2) is 0 Å². The number of carbonyl (C=O) groups is 2. The van der Waals surface area contributed by atoms with Gasteiger partial charge in [0.05, 0.1) is 0 Å². The summed E-state index contributed by atoms with van der Waals surface area (Å²) >= 11 is 0. The topological polar surface area (TPSA) is 34.1 Å². The van der Waals surface area contributed by atoms with Crippen LogP contribution in [0.1, 0.15) is 39.0 Å². The second-order valence-electron chi connectivity index (χ2n) is 3.68. The Balaban J connectivity index is 2.37. The molecule has 2 heteroatoms. The Kier molecular flexibility index (Phi) is 3.87. The van der Waals surface area contributed by atoms with Crippen LogP contribution >= 0.6 is 0 Å². The molecule has 0 heterocycles. The Morgan fingerprint density at radius 1 is 1.15 bits per heavy atom. The van der Waals surface area contributed by atoms with Crippen molar-refractivity contribution in [3.05, 3.63) is 12.2 Å². The first-order chi connectivity index (χ1) is 6.20. The molecule has 0 aromatic heterocycles. The quantitative estimate of drug-likeness (QED) is 0.493. The Bertz CT molecular complexity index is 222. The second kappa shape index (κ2) is 4.95. The minimum Gasteiger partial charge on any atom is -0.291 e. The highest BCUT2D eigenvalue weighted by atomic mass is 16.2. The lowest BCUT2D eigenvalue weighted by atomic mass is 9.89. The van der Waals surface area contributed by atoms with Crippen LogP contribution in [0.15, 0.2) is 12.2 Å². The van der Waals surface area contributed by atoms with Crippen LogP contribution in [0.2, 0.25) is 0 Å². The summed E-state index contributed by atoms with van der Waals surface area (Å²) in [6.45, 7) is 1.31. The SMILES string of the molecule is CC(=O)C(=O)C=CC1CCCCC1. The van der Waals surface area contributed by atoms with Crippen LogP contribution in [0.5, 0.6) is 0 Å². The van der Waals surface area contributed by atoms with Crippen molar-refractivity contribution in [2.45, 2.75) is 39.0 Å². The van der Waals surface area contributed by atoms with Gasteiger partial charge < -0.3 is 0 Å². The number of carbonyl (C=O) groups excluding carboxylic acids is 2. The van der Waals surface area contributed by atoms with Crippen molar-refractivity contribution in [3.8, 4) is 0 Å². The zero-order valence-electron chi connectivity index (χ0n) is 8.08. The molecule has 1 aliphatic carbocycles. The fourth-order valence-electron chi connectivity index (χ4n) is 1.67. The maximum atomic E-state index is 10.9. The maximum Gasteiger partial charge on any atom is 0.220 e. The van der Waals surface area contributed by atoms with E-state index in [9.17, 15) is 9.59 Å². The highest BCUT2D eigenvalue weighted by Gasteiger charge is 2.11. The third kappa shape index (κ3) is 3.53. The molecule has 13 heavy (non-hydrogen) atoms. The van der Waals surface area contributed by atoms with E-state index in [4.69, 9.17) is 0 Å². The van der Waals surface area contributed by atoms with Crippen molar-refractivity contribution in [2.75, 3.05) is 0 Å². The molecule has 0 aliphatic heterocycles. The standard InChI is InChI=1S/C11H16O2/c1-9(12)11(13)8-7-10-5-3-2-4-6-10/h7-8,10H,2-6H2,1H3. The molecule has 1 aliphatic rings. The highest BCUT2D eigenvalue weighted by Crippen LogP contribution is 2.24. The van der Waals surface area contributed by atoms with Gasteiger partial charge in [0, 0.05) is 6.92 Å². The van der Waals surface area contributed by atoms with Crippen molar-refractivity contribution in [2.24, 2.45) is 5.92 Å². The van der Waals surface area contributed by atoms with Gasteiger partial charge in [0.1, 0.15) is 0 Å². The van der Waals surface area contributed by atoms with Crippen molar-refractivity contribution in [1.29, 1.82) is 0 Å². The van der Waals surface area contributed by atoms with Gasteiger partial charge in [0.25, 0.3) is 0 Å². The highest BCUT2D eigenvalue weighted by molar-refractivity contribution is 6.40. The second-order valence-corrected chi connectivity index (χ2v) is 3.68. The van der Waals surface area contributed by atoms with Crippen molar-refractivity contribution in [1.82, 2.24) is 0 Å². The minimum absolute atomic E-state index is 0.368. The summed E-state index contributed by atoms with van der Waals surface area (Å²) in [5, 5.41) is 0. The zero-order chi connectivity index (χ0) is 9.68. The number of hydrogen-bond donors (Lipinski definition) is 0. The summed E-state index contributed by atoms with van der Waals surface area (Å²) in [5.41, 5.74) is 0. The first kappa shape index (κ1) is 10.2. The van der Waals surface area contributed by atoms with Crippen molar-refractivity contribution in [3.63, 3.8) is 0 Å². The number of Topliss-reactive ketones (excluding diaryl/α,β-unsaturated/α-hetero) is 1. The molecule has 0 atom stereocenters. The van der Waals surface area contributed by atoms with E-state index in [-0.39, 0.29) is 11.6 Å². The van der Waals surface area contributed by atoms with Gasteiger partial charge in [0.2, 0.25) is 5.78 Å². The molecule has 0 aromatic rings. The molecule has 72 valence electrons. The van der Waals surface area contributed by atoms with Gasteiger partial charge in [-0.15, -0.1) is 0 Å². The van der Waals surface area contributed by atoms with Crippen molar-refractivity contribution < 1.29 is 9.59 Å². The normalized spacial score (nSPS) is 19.2. The molecule has 0 aromatic carbocycles. The van der Waals surface area contributed by atoms with Gasteiger partial charge in [-0.1, -0.05) is 25.3 Å². The third-order valence-electron chi connectivity index (χ3n) is 2.52. The van der Waals surface area contributed by atoms with Crippen LogP contribution in [0.25, 0.3) is 0 Å². The first-order valence-corrected chi connectivity index (χ1v) is 4.93. The molecule has 0 amide bonds. The molecule has 2 nitrogen and oxygen atoms in total. The number of rotatable bonds is 3. The number of hydrogen-bond acceptors (Lipinski definition) is 2. The summed E-state index contributed by atoms with van der Waals surface area (Å²) in [4.78, 5) is 21.6. The minimum atomic E-state index is -0.370. The van der Waals surface area contributed by atoms with Gasteiger partial charge in [-0.2, -0.15) is 0 Å². The van der Waals surface area contributed by atoms with Gasteiger partial charge in [-0.3, -0.25) is 9.59 Å². The van der Waals surface area contributed by atoms with E-state index in [0.29, 0.717) is 5.92 Å². The summed E-state index contributed by atoms with van der Waals surface area (Å²) in [7, 11) is 0. The monoisotopic (exact) mass is 180 g/mol. The van der Waals surface area contributed by atoms with Crippen LogP contribution < -0.4 is 0 Å². The lowest BCUT2D eigenvalue weighted by Crippen LogP contribution is -2.07. The van der Waals surface area contributed by atoms with E-state index in [1.54, 1.807) is 0 Å². The van der Waals surface area contributed by atoms with Crippen LogP contribution in [0.3, 0.4) is 0 Å². The van der Waals surface area contributed by atoms with E-state index in [2.05, 4.69) is 0 Å². The summed E-state index contributed by atoms with van der Waals surface area (Å²) in [5.74, 6) is -0.213. The third-order valence-corrected chi connectivity index (χ3v) is 2.52. The van der Waals surface area contributed by atoms with E-state index >= 15 is 0 Å². The molecule has 1 saturated carbocycles. The Morgan fingerprint density at radius 3 is 2.31 bits per heavy atom. The summed E-state index contributed by atoms with van der Waals surface area (Å²) < 4.78 is 0. The van der Waals surface area contributed by atoms with E-state index in [1.807, 2.05) is 6.08 Å². The molecule has 1 rings (SSSR count). The van der Waals surface area contributed by atoms with Crippen LogP contribution in [-0.4, -0.2) is 11.6 Å². The van der Waals surface area contributed by atoms with Crippen LogP contribution in [-0.2, 0) is 9.59 Å². The summed E-state index contributed by atoms with van der Waals surface area (Å²) in [6, 6.07) is 0. The van der Waals surface area contributed by atoms with Gasteiger partial charge >= 0.3 is 0 Å². The Labute approximate surface area is 79.0 Å². The lowest BCUT2D eigenvalue weighted by Gasteiger charge is -2.17. The molecule has 0 radical (unpaired) electrons. The number of allylic oxidation sites excluding steroid dienone is 2. The Morgan fingerprint density at radius 2 is 1.77 bits per heavy atom. The Hall–Kier alpha value is -0.920. The molecular formula is C11H16O2. The molecule has 1 fully saturated rings. The first-order valence-electron chi connectivity index (χ1n) is 4.93. The van der Waals surface area contributed by atoms with E-state index < -0.39 is 0 Å². The largest absolute Gasteiger partial charge is 0.291 e. The van der Waals surface area contributed by atoms with E-state index in [0.717, 1.165) is 0 Å². The molecule has 0 unspecified atom stereocenters. The average molecular weight is 180 g/mol. The molecular weight excluding hydrogens is 164 g/mol. The van der Waals surface area contributed by atoms with Crippen LogP contribution in [0, 0.1) is 5.92 Å².